The normalized spacial score (nSPS) is 22.2. The molecule has 2 aromatic carbocycles. The predicted molar refractivity (Wildman–Crippen MR) is 281 cm³/mol. The van der Waals surface area contributed by atoms with Crippen molar-refractivity contribution in [1.82, 2.24) is 35.6 Å². The molecule has 16 nitrogen and oxygen atoms in total. The van der Waals surface area contributed by atoms with E-state index in [0.717, 1.165) is 72.8 Å². The summed E-state index contributed by atoms with van der Waals surface area (Å²) in [6, 6.07) is 11.0. The number of aliphatic imine (C=N–C) groups is 2. The number of methoxy groups -OCH3 is 1. The van der Waals surface area contributed by atoms with Crippen LogP contribution in [-0.2, 0) is 20.9 Å². The van der Waals surface area contributed by atoms with E-state index in [2.05, 4.69) is 47.9 Å². The molecule has 1 aromatic heterocycles. The molecule has 5 N–H and O–H groups in total. The van der Waals surface area contributed by atoms with Gasteiger partial charge in [0.25, 0.3) is 11.8 Å². The van der Waals surface area contributed by atoms with Gasteiger partial charge in [-0.25, -0.2) is 14.4 Å². The number of aromatic nitrogens is 1. The quantitative estimate of drug-likeness (QED) is 0.0683. The van der Waals surface area contributed by atoms with E-state index in [1.165, 1.54) is 12.0 Å². The average Bonchev–Trinajstić information content (AvgIpc) is 3.78. The minimum atomic E-state index is -2.00. The highest BCUT2D eigenvalue weighted by molar-refractivity contribution is 8.00. The number of aliphatic hydroxyl groups excluding tert-OH is 1. The van der Waals surface area contributed by atoms with Gasteiger partial charge in [-0.3, -0.25) is 24.1 Å². The molecule has 2 aliphatic heterocycles. The lowest BCUT2D eigenvalue weighted by molar-refractivity contribution is -0.143. The van der Waals surface area contributed by atoms with Gasteiger partial charge in [0.05, 0.1) is 40.0 Å². The summed E-state index contributed by atoms with van der Waals surface area (Å²) in [5.74, 6) is 0.988. The number of alkyl halides is 1. The van der Waals surface area contributed by atoms with E-state index >= 15 is 4.39 Å². The number of rotatable bonds is 18. The van der Waals surface area contributed by atoms with E-state index in [9.17, 15) is 24.3 Å². The number of aliphatic hydroxyl groups is 1. The number of hydrogen-bond acceptors (Lipinski definition) is 12. The van der Waals surface area contributed by atoms with Gasteiger partial charge in [-0.05, 0) is 120 Å². The molecule has 4 fully saturated rings. The van der Waals surface area contributed by atoms with Crippen LogP contribution < -0.4 is 26.0 Å². The number of halogens is 2. The molecule has 3 aromatic rings. The fraction of sp³-hybridized carbons (Fsp3) is 0.549. The summed E-state index contributed by atoms with van der Waals surface area (Å²) < 4.78 is 19.9. The van der Waals surface area contributed by atoms with Crippen LogP contribution in [-0.4, -0.2) is 149 Å². The van der Waals surface area contributed by atoms with Crippen LogP contribution in [0.5, 0.6) is 5.75 Å². The summed E-state index contributed by atoms with van der Waals surface area (Å²) >= 11 is 9.28. The first-order chi connectivity index (χ1) is 33.9. The van der Waals surface area contributed by atoms with Crippen molar-refractivity contribution in [3.8, 4) is 16.2 Å². The third-order valence-electron chi connectivity index (χ3n) is 14.1. The minimum absolute atomic E-state index is 0.0573. The number of thiazole rings is 1. The van der Waals surface area contributed by atoms with Crippen LogP contribution in [0.4, 0.5) is 10.1 Å². The molecule has 71 heavy (non-hydrogen) atoms. The number of piperazine rings is 1. The SMILES string of the molecule is C=NC(=N/C(NC)=C(\C)Cl)Nc1ccc(C(=O)N2CCN(CC3CCC(CSC(C)(C)[C@H](NC(=O)C4(F)CC4)C(=O)N4C[C@H](O)CC4C(=O)NCc4ccc(-c5scnc5C)cc4)CC3)CC2)cc1OC. The van der Waals surface area contributed by atoms with Crippen molar-refractivity contribution in [2.75, 3.05) is 64.5 Å². The summed E-state index contributed by atoms with van der Waals surface area (Å²) in [6.45, 7) is 15.0. The number of benzene rings is 2. The third kappa shape index (κ3) is 13.5. The van der Waals surface area contributed by atoms with Gasteiger partial charge in [0.2, 0.25) is 17.8 Å². The Bertz CT molecular complexity index is 2460. The lowest BCUT2D eigenvalue weighted by atomic mass is 9.82. The summed E-state index contributed by atoms with van der Waals surface area (Å²) in [6.07, 6.45) is 3.48. The zero-order chi connectivity index (χ0) is 51.0. The molecule has 3 atom stereocenters. The highest BCUT2D eigenvalue weighted by Gasteiger charge is 2.54. The molecule has 0 spiro atoms. The highest BCUT2D eigenvalue weighted by Crippen LogP contribution is 2.42. The molecule has 384 valence electrons. The second-order valence-corrected chi connectivity index (χ2v) is 22.7. The van der Waals surface area contributed by atoms with Crippen LogP contribution >= 0.6 is 34.7 Å². The number of amides is 4. The molecule has 0 bridgehead atoms. The van der Waals surface area contributed by atoms with Gasteiger partial charge < -0.3 is 40.9 Å². The standard InChI is InChI=1S/C51H68ClFN10O6S2/c1-31(52)44(54-5)60-49(55-6)58-39-17-16-37(24-41(39)69-7)46(66)62-22-20-61(21-23-62)27-34-8-10-35(11-9-34)29-71-50(3,4)43(59-48(68)51(53)18-19-51)47(67)63-28-38(64)25-40(63)45(65)56-26-33-12-14-36(15-13-33)42-32(2)57-30-70-42/h12-17,24,30,34-35,38,40,43,54,64H,6,8-11,18-23,25-29H2,1-5,7H3,(H,56,65)(H,58,60)(H,59,68)/b44-31+/t34?,35?,38-,40?,43-/m1/s1. The molecule has 2 aliphatic carbocycles. The third-order valence-corrected chi connectivity index (χ3v) is 16.8. The number of anilines is 1. The van der Waals surface area contributed by atoms with Gasteiger partial charge in [-0.1, -0.05) is 35.9 Å². The van der Waals surface area contributed by atoms with Crippen LogP contribution in [0.3, 0.4) is 0 Å². The van der Waals surface area contributed by atoms with Crippen LogP contribution in [0.2, 0.25) is 0 Å². The Labute approximate surface area is 429 Å². The lowest BCUT2D eigenvalue weighted by Crippen LogP contribution is -2.61. The molecule has 2 saturated heterocycles. The molecular weight excluding hydrogens is 967 g/mol. The minimum Gasteiger partial charge on any atom is -0.495 e. The molecule has 1 unspecified atom stereocenters. The first-order valence-electron chi connectivity index (χ1n) is 24.4. The lowest BCUT2D eigenvalue weighted by Gasteiger charge is -2.40. The monoisotopic (exact) mass is 1030 g/mol. The van der Waals surface area contributed by atoms with Gasteiger partial charge >= 0.3 is 0 Å². The maximum absolute atomic E-state index is 15.2. The first kappa shape index (κ1) is 53.7. The Hall–Kier alpha value is -5.08. The number of ether oxygens (including phenoxy) is 1. The number of aryl methyl sites for hydroxylation is 1. The Morgan fingerprint density at radius 3 is 2.37 bits per heavy atom. The number of allylic oxidation sites excluding steroid dienone is 1. The summed E-state index contributed by atoms with van der Waals surface area (Å²) in [5, 5.41) is 23.0. The van der Waals surface area contributed by atoms with Gasteiger partial charge in [-0.15, -0.1) is 11.3 Å². The van der Waals surface area contributed by atoms with Crippen molar-refractivity contribution in [2.24, 2.45) is 21.8 Å². The number of thioether (sulfide) groups is 1. The second-order valence-electron chi connectivity index (χ2n) is 19.6. The Morgan fingerprint density at radius 2 is 1.76 bits per heavy atom. The number of β-amino-alcohol motifs (C(OH)–C–C–N with tert-alkyl or cyclic N) is 1. The summed E-state index contributed by atoms with van der Waals surface area (Å²) in [5.41, 5.74) is 3.76. The van der Waals surface area contributed by atoms with Crippen molar-refractivity contribution in [3.05, 3.63) is 75.6 Å². The van der Waals surface area contributed by atoms with Crippen LogP contribution in [0.25, 0.3) is 10.4 Å². The van der Waals surface area contributed by atoms with Crippen molar-refractivity contribution >= 4 is 76.7 Å². The zero-order valence-electron chi connectivity index (χ0n) is 41.6. The number of carbonyl (C=O) groups excluding carboxylic acids is 4. The molecule has 4 amide bonds. The van der Waals surface area contributed by atoms with Crippen molar-refractivity contribution in [3.63, 3.8) is 0 Å². The van der Waals surface area contributed by atoms with Crippen molar-refractivity contribution in [1.29, 1.82) is 0 Å². The van der Waals surface area contributed by atoms with E-state index in [4.69, 9.17) is 16.3 Å². The number of likely N-dealkylation sites (tertiary alicyclic amines) is 1. The zero-order valence-corrected chi connectivity index (χ0v) is 44.0. The number of nitrogens with zero attached hydrogens (tertiary/aromatic N) is 6. The van der Waals surface area contributed by atoms with E-state index in [0.29, 0.717) is 52.8 Å². The van der Waals surface area contributed by atoms with Gasteiger partial charge in [0.15, 0.2) is 5.67 Å². The van der Waals surface area contributed by atoms with Crippen LogP contribution in [0.15, 0.2) is 68.8 Å². The second kappa shape index (κ2) is 23.6. The molecular formula is C51H68ClFN10O6S2. The predicted octanol–water partition coefficient (Wildman–Crippen LogP) is 6.58. The molecule has 0 radical (unpaired) electrons. The summed E-state index contributed by atoms with van der Waals surface area (Å²) in [7, 11) is 3.24. The van der Waals surface area contributed by atoms with Gasteiger partial charge in [0.1, 0.15) is 23.7 Å². The first-order valence-corrected chi connectivity index (χ1v) is 26.6. The molecule has 20 heteroatoms. The molecule has 7 rings (SSSR count). The highest BCUT2D eigenvalue weighted by atomic mass is 35.5. The van der Waals surface area contributed by atoms with E-state index in [-0.39, 0.29) is 44.2 Å². The van der Waals surface area contributed by atoms with E-state index < -0.39 is 46.3 Å². The summed E-state index contributed by atoms with van der Waals surface area (Å²) in [4.78, 5) is 74.6. The number of carbonyl (C=O) groups is 4. The van der Waals surface area contributed by atoms with Gasteiger partial charge in [-0.2, -0.15) is 16.8 Å². The maximum atomic E-state index is 15.2. The van der Waals surface area contributed by atoms with Gasteiger partial charge in [0, 0.05) is 69.6 Å². The number of nitrogens with one attached hydrogen (secondary N) is 4. The van der Waals surface area contributed by atoms with Crippen molar-refractivity contribution in [2.45, 2.75) is 108 Å². The topological polar surface area (TPSA) is 193 Å². The Kier molecular flexibility index (Phi) is 17.9. The van der Waals surface area contributed by atoms with Crippen LogP contribution in [0.1, 0.15) is 87.3 Å². The van der Waals surface area contributed by atoms with E-state index in [1.807, 2.05) is 55.4 Å². The van der Waals surface area contributed by atoms with E-state index in [1.54, 1.807) is 55.3 Å². The molecule has 4 aliphatic rings. The van der Waals surface area contributed by atoms with Crippen molar-refractivity contribution < 1.29 is 33.4 Å². The number of hydrogen-bond donors (Lipinski definition) is 5. The van der Waals surface area contributed by atoms with Crippen LogP contribution in [0, 0.1) is 18.8 Å². The average molecular weight is 1040 g/mol. The fourth-order valence-electron chi connectivity index (χ4n) is 9.50. The Morgan fingerprint density at radius 1 is 1.07 bits per heavy atom. The Balaban J connectivity index is 0.887. The number of guanidine groups is 1. The fourth-order valence-corrected chi connectivity index (χ4v) is 11.8. The largest absolute Gasteiger partial charge is 0.495 e. The maximum Gasteiger partial charge on any atom is 0.258 e. The smallest absolute Gasteiger partial charge is 0.258 e. The molecule has 3 heterocycles. The molecule has 2 saturated carbocycles.